The maximum Gasteiger partial charge on any atom is 0.211 e. The normalized spacial score (nSPS) is 11.7. The van der Waals surface area contributed by atoms with Crippen molar-refractivity contribution in [2.75, 3.05) is 25.6 Å². The van der Waals surface area contributed by atoms with Gasteiger partial charge in [0.2, 0.25) is 10.0 Å². The van der Waals surface area contributed by atoms with Crippen LogP contribution in [0.5, 0.6) is 5.75 Å². The van der Waals surface area contributed by atoms with Gasteiger partial charge in [-0.05, 0) is 12.1 Å². The van der Waals surface area contributed by atoms with Gasteiger partial charge in [-0.3, -0.25) is 4.98 Å². The lowest BCUT2D eigenvalue weighted by Crippen LogP contribution is -2.21. The van der Waals surface area contributed by atoms with E-state index in [0.717, 1.165) is 10.9 Å². The van der Waals surface area contributed by atoms with Crippen molar-refractivity contribution >= 4 is 20.9 Å². The van der Waals surface area contributed by atoms with Crippen LogP contribution in [0.3, 0.4) is 0 Å². The van der Waals surface area contributed by atoms with Crippen LogP contribution in [0, 0.1) is 0 Å². The Balaban J connectivity index is 1.76. The predicted molar refractivity (Wildman–Crippen MR) is 76.0 cm³/mol. The SMILES string of the molecule is NS(=O)(=O)CCOCCOc1cnc2ccccc2c1. The molecule has 0 fully saturated rings. The van der Waals surface area contributed by atoms with Crippen molar-refractivity contribution in [2.24, 2.45) is 5.14 Å². The highest BCUT2D eigenvalue weighted by Gasteiger charge is 2.02. The van der Waals surface area contributed by atoms with Crippen molar-refractivity contribution in [2.45, 2.75) is 0 Å². The van der Waals surface area contributed by atoms with Gasteiger partial charge in [0.15, 0.2) is 0 Å². The number of benzene rings is 1. The molecule has 20 heavy (non-hydrogen) atoms. The molecule has 0 atom stereocenters. The first-order valence-electron chi connectivity index (χ1n) is 6.10. The van der Waals surface area contributed by atoms with Crippen LogP contribution in [-0.2, 0) is 14.8 Å². The van der Waals surface area contributed by atoms with E-state index in [1.54, 1.807) is 6.20 Å². The molecule has 1 aromatic carbocycles. The van der Waals surface area contributed by atoms with E-state index >= 15 is 0 Å². The fraction of sp³-hybridized carbons (Fsp3) is 0.308. The van der Waals surface area contributed by atoms with Crippen molar-refractivity contribution in [3.63, 3.8) is 0 Å². The van der Waals surface area contributed by atoms with Gasteiger partial charge in [0, 0.05) is 5.39 Å². The molecule has 2 rings (SSSR count). The van der Waals surface area contributed by atoms with Gasteiger partial charge in [-0.1, -0.05) is 18.2 Å². The highest BCUT2D eigenvalue weighted by molar-refractivity contribution is 7.89. The number of sulfonamides is 1. The molecule has 0 amide bonds. The first-order chi connectivity index (χ1) is 9.54. The number of hydrogen-bond acceptors (Lipinski definition) is 5. The maximum absolute atomic E-state index is 10.7. The Labute approximate surface area is 117 Å². The van der Waals surface area contributed by atoms with Gasteiger partial charge in [0.1, 0.15) is 12.4 Å². The average Bonchev–Trinajstić information content (AvgIpc) is 2.41. The Hall–Kier alpha value is -1.70. The number of nitrogens with two attached hydrogens (primary N) is 1. The quantitative estimate of drug-likeness (QED) is 0.767. The minimum absolute atomic E-state index is 0.0676. The summed E-state index contributed by atoms with van der Waals surface area (Å²) in [4.78, 5) is 4.27. The summed E-state index contributed by atoms with van der Waals surface area (Å²) in [5.74, 6) is 0.462. The molecule has 7 heteroatoms. The van der Waals surface area contributed by atoms with Gasteiger partial charge in [0.05, 0.1) is 30.7 Å². The Kier molecular flexibility index (Phi) is 4.89. The first kappa shape index (κ1) is 14.7. The summed E-state index contributed by atoms with van der Waals surface area (Å²) < 4.78 is 31.9. The number of para-hydroxylation sites is 1. The number of pyridine rings is 1. The second-order valence-electron chi connectivity index (χ2n) is 4.19. The van der Waals surface area contributed by atoms with E-state index in [9.17, 15) is 8.42 Å². The van der Waals surface area contributed by atoms with Crippen LogP contribution in [0.1, 0.15) is 0 Å². The first-order valence-corrected chi connectivity index (χ1v) is 7.82. The molecule has 0 spiro atoms. The van der Waals surface area contributed by atoms with Crippen molar-refractivity contribution in [3.8, 4) is 5.75 Å². The Morgan fingerprint density at radius 3 is 2.75 bits per heavy atom. The van der Waals surface area contributed by atoms with E-state index in [1.165, 1.54) is 0 Å². The molecular formula is C13H16N2O4S. The third-order valence-electron chi connectivity index (χ3n) is 2.57. The smallest absolute Gasteiger partial charge is 0.211 e. The summed E-state index contributed by atoms with van der Waals surface area (Å²) >= 11 is 0. The van der Waals surface area contributed by atoms with Crippen LogP contribution < -0.4 is 9.88 Å². The number of nitrogens with zero attached hydrogens (tertiary/aromatic N) is 1. The lowest BCUT2D eigenvalue weighted by Gasteiger charge is -2.07. The largest absolute Gasteiger partial charge is 0.490 e. The standard InChI is InChI=1S/C13H16N2O4S/c14-20(16,17)8-7-18-5-6-19-12-9-11-3-1-2-4-13(11)15-10-12/h1-4,9-10H,5-8H2,(H2,14,16,17). The minimum Gasteiger partial charge on any atom is -0.490 e. The van der Waals surface area contributed by atoms with Crippen LogP contribution in [0.25, 0.3) is 10.9 Å². The van der Waals surface area contributed by atoms with Crippen LogP contribution in [-0.4, -0.2) is 39.0 Å². The molecule has 0 aliphatic rings. The summed E-state index contributed by atoms with van der Waals surface area (Å²) in [6.07, 6.45) is 1.65. The summed E-state index contributed by atoms with van der Waals surface area (Å²) in [6.45, 7) is 0.686. The van der Waals surface area contributed by atoms with E-state index in [-0.39, 0.29) is 12.4 Å². The fourth-order valence-corrected chi connectivity index (χ4v) is 1.98. The summed E-state index contributed by atoms with van der Waals surface area (Å²) in [6, 6.07) is 9.64. The molecule has 1 aromatic heterocycles. The summed E-state index contributed by atoms with van der Waals surface area (Å²) in [5, 5.41) is 5.85. The second-order valence-corrected chi connectivity index (χ2v) is 5.93. The van der Waals surface area contributed by atoms with E-state index in [2.05, 4.69) is 4.98 Å². The number of ether oxygens (including phenoxy) is 2. The lowest BCUT2D eigenvalue weighted by molar-refractivity contribution is 0.111. The molecular weight excluding hydrogens is 280 g/mol. The molecule has 6 nitrogen and oxygen atoms in total. The van der Waals surface area contributed by atoms with Crippen LogP contribution in [0.4, 0.5) is 0 Å². The summed E-state index contributed by atoms with van der Waals surface area (Å²) in [5.41, 5.74) is 0.907. The Bertz CT molecular complexity index is 673. The summed E-state index contributed by atoms with van der Waals surface area (Å²) in [7, 11) is -3.46. The van der Waals surface area contributed by atoms with Gasteiger partial charge >= 0.3 is 0 Å². The van der Waals surface area contributed by atoms with E-state index in [0.29, 0.717) is 19.0 Å². The van der Waals surface area contributed by atoms with Crippen molar-refractivity contribution in [1.82, 2.24) is 4.98 Å². The molecule has 2 aromatic rings. The molecule has 0 saturated carbocycles. The van der Waals surface area contributed by atoms with E-state index < -0.39 is 10.0 Å². The second kappa shape index (κ2) is 6.65. The molecule has 2 N–H and O–H groups in total. The molecule has 1 heterocycles. The zero-order valence-corrected chi connectivity index (χ0v) is 11.7. The highest BCUT2D eigenvalue weighted by Crippen LogP contribution is 2.17. The molecule has 0 radical (unpaired) electrons. The van der Waals surface area contributed by atoms with Crippen molar-refractivity contribution in [1.29, 1.82) is 0 Å². The van der Waals surface area contributed by atoms with Gasteiger partial charge in [-0.25, -0.2) is 13.6 Å². The molecule has 0 unspecified atom stereocenters. The highest BCUT2D eigenvalue weighted by atomic mass is 32.2. The maximum atomic E-state index is 10.7. The predicted octanol–water partition coefficient (Wildman–Crippen LogP) is 0.919. The molecule has 0 aliphatic heterocycles. The van der Waals surface area contributed by atoms with Gasteiger partial charge < -0.3 is 9.47 Å². The van der Waals surface area contributed by atoms with Crippen LogP contribution in [0.15, 0.2) is 36.5 Å². The number of primary sulfonamides is 1. The lowest BCUT2D eigenvalue weighted by atomic mass is 10.2. The Morgan fingerprint density at radius 1 is 1.15 bits per heavy atom. The number of fused-ring (bicyclic) bond motifs is 1. The van der Waals surface area contributed by atoms with Crippen LogP contribution in [0.2, 0.25) is 0 Å². The topological polar surface area (TPSA) is 91.5 Å². The van der Waals surface area contributed by atoms with Crippen molar-refractivity contribution in [3.05, 3.63) is 36.5 Å². The average molecular weight is 296 g/mol. The third kappa shape index (κ3) is 4.76. The van der Waals surface area contributed by atoms with Crippen molar-refractivity contribution < 1.29 is 17.9 Å². The van der Waals surface area contributed by atoms with Gasteiger partial charge in [-0.2, -0.15) is 0 Å². The molecule has 0 aliphatic carbocycles. The molecule has 0 bridgehead atoms. The van der Waals surface area contributed by atoms with E-state index in [1.807, 2.05) is 30.3 Å². The van der Waals surface area contributed by atoms with Crippen LogP contribution >= 0.6 is 0 Å². The molecule has 0 saturated heterocycles. The Morgan fingerprint density at radius 2 is 1.95 bits per heavy atom. The number of rotatable bonds is 7. The number of hydrogen-bond donors (Lipinski definition) is 1. The van der Waals surface area contributed by atoms with Gasteiger partial charge in [0.25, 0.3) is 0 Å². The minimum atomic E-state index is -3.46. The number of aromatic nitrogens is 1. The molecule has 108 valence electrons. The zero-order chi connectivity index (χ0) is 14.4. The third-order valence-corrected chi connectivity index (χ3v) is 3.31. The fourth-order valence-electron chi connectivity index (χ4n) is 1.63. The van der Waals surface area contributed by atoms with Gasteiger partial charge in [-0.15, -0.1) is 0 Å². The monoisotopic (exact) mass is 296 g/mol. The zero-order valence-electron chi connectivity index (χ0n) is 10.9. The van der Waals surface area contributed by atoms with E-state index in [4.69, 9.17) is 14.6 Å².